The van der Waals surface area contributed by atoms with E-state index in [4.69, 9.17) is 5.26 Å². The third-order valence-electron chi connectivity index (χ3n) is 1.71. The summed E-state index contributed by atoms with van der Waals surface area (Å²) in [6.45, 7) is 1.77. The molecule has 15 heavy (non-hydrogen) atoms. The van der Waals surface area contributed by atoms with Crippen LogP contribution in [0.25, 0.3) is 10.2 Å². The third kappa shape index (κ3) is 3.28. The Kier molecular flexibility index (Phi) is 6.63. The summed E-state index contributed by atoms with van der Waals surface area (Å²) in [5, 5.41) is 18.3. The molecule has 3 nitrogen and oxygen atoms in total. The summed E-state index contributed by atoms with van der Waals surface area (Å²) in [4.78, 5) is 4.05. The number of aromatic nitrogens is 1. The van der Waals surface area contributed by atoms with Crippen molar-refractivity contribution in [2.24, 2.45) is 0 Å². The number of thiazole rings is 1. The number of nitriles is 1. The van der Waals surface area contributed by atoms with Crippen LogP contribution in [0.15, 0.2) is 6.07 Å². The van der Waals surface area contributed by atoms with Gasteiger partial charge in [-0.3, -0.25) is 4.98 Å². The standard InChI is InChI=1S/C9H5N2OS.2Y/c1-5-2-6-8(3-7(5)12)13-9(4-10)11-6;;/h2,12H,1H3;;/q-1;;. The van der Waals surface area contributed by atoms with Gasteiger partial charge in [-0.25, -0.2) is 0 Å². The summed E-state index contributed by atoms with van der Waals surface area (Å²) in [5.41, 5.74) is 1.44. The zero-order valence-corrected chi connectivity index (χ0v) is 14.5. The molecule has 0 atom stereocenters. The summed E-state index contributed by atoms with van der Waals surface area (Å²) >= 11 is 1.23. The Morgan fingerprint density at radius 2 is 2.20 bits per heavy atom. The first-order valence-corrected chi connectivity index (χ1v) is 4.45. The number of nitrogens with zero attached hydrogens (tertiary/aromatic N) is 2. The molecule has 0 spiro atoms. The number of hydrogen-bond donors (Lipinski definition) is 1. The zero-order chi connectivity index (χ0) is 9.42. The molecule has 2 aromatic rings. The molecular weight excluding hydrogens is 362 g/mol. The van der Waals surface area contributed by atoms with Crippen LogP contribution >= 0.6 is 11.3 Å². The molecule has 0 unspecified atom stereocenters. The molecule has 1 heterocycles. The van der Waals surface area contributed by atoms with Crippen LogP contribution in [0.4, 0.5) is 0 Å². The molecule has 2 rings (SSSR count). The van der Waals surface area contributed by atoms with Gasteiger partial charge in [-0.05, 0) is 5.52 Å². The van der Waals surface area contributed by atoms with Crippen molar-refractivity contribution >= 4 is 21.6 Å². The van der Waals surface area contributed by atoms with Gasteiger partial charge in [-0.1, -0.05) is 11.6 Å². The molecule has 0 fully saturated rings. The maximum atomic E-state index is 9.34. The summed E-state index contributed by atoms with van der Waals surface area (Å²) in [6.07, 6.45) is 0. The fraction of sp³-hybridized carbons (Fsp3) is 0.111. The quantitative estimate of drug-likeness (QED) is 0.725. The Morgan fingerprint density at radius 3 is 2.80 bits per heavy atom. The van der Waals surface area contributed by atoms with E-state index in [-0.39, 0.29) is 71.2 Å². The number of phenolic OH excluding ortho intramolecular Hbond substituents is 1. The minimum atomic E-state index is 0. The van der Waals surface area contributed by atoms with Crippen molar-refractivity contribution < 1.29 is 70.5 Å². The summed E-state index contributed by atoms with van der Waals surface area (Å²) in [7, 11) is 0. The van der Waals surface area contributed by atoms with E-state index >= 15 is 0 Å². The second-order valence-corrected chi connectivity index (χ2v) is 3.65. The van der Waals surface area contributed by atoms with Gasteiger partial charge in [0.1, 0.15) is 6.07 Å². The zero-order valence-electron chi connectivity index (χ0n) is 7.98. The van der Waals surface area contributed by atoms with E-state index in [2.05, 4.69) is 11.1 Å². The number of benzene rings is 1. The molecule has 0 aliphatic carbocycles. The van der Waals surface area contributed by atoms with E-state index in [0.717, 1.165) is 15.8 Å². The van der Waals surface area contributed by atoms with Crippen molar-refractivity contribution in [1.82, 2.24) is 4.98 Å². The molecule has 2 radical (unpaired) electrons. The predicted molar refractivity (Wildman–Crippen MR) is 49.6 cm³/mol. The van der Waals surface area contributed by atoms with E-state index in [1.165, 1.54) is 11.3 Å². The molecule has 0 amide bonds. The maximum absolute atomic E-state index is 9.34. The van der Waals surface area contributed by atoms with Crippen molar-refractivity contribution in [3.8, 4) is 11.8 Å². The fourth-order valence-electron chi connectivity index (χ4n) is 1.05. The van der Waals surface area contributed by atoms with Gasteiger partial charge in [-0.15, -0.1) is 29.0 Å². The largest absolute Gasteiger partial charge is 0.534 e. The second-order valence-electron chi connectivity index (χ2n) is 2.65. The Balaban J connectivity index is 0.000000980. The van der Waals surface area contributed by atoms with Crippen LogP contribution in [0.5, 0.6) is 5.75 Å². The van der Waals surface area contributed by atoms with Crippen LogP contribution in [-0.2, 0) is 65.4 Å². The van der Waals surface area contributed by atoms with Gasteiger partial charge in [0.15, 0.2) is 5.01 Å². The molecule has 6 heteroatoms. The van der Waals surface area contributed by atoms with Crippen LogP contribution in [0.2, 0.25) is 0 Å². The van der Waals surface area contributed by atoms with Crippen molar-refractivity contribution in [2.75, 3.05) is 0 Å². The number of fused-ring (bicyclic) bond motifs is 1. The van der Waals surface area contributed by atoms with Crippen molar-refractivity contribution in [1.29, 1.82) is 5.26 Å². The molecule has 70 valence electrons. The van der Waals surface area contributed by atoms with E-state index in [0.29, 0.717) is 5.01 Å². The van der Waals surface area contributed by atoms with Crippen LogP contribution in [0.1, 0.15) is 10.6 Å². The number of aromatic hydroxyl groups is 1. The number of aryl methyl sites for hydroxylation is 1. The molecule has 1 aromatic carbocycles. The average molecular weight is 367 g/mol. The first kappa shape index (κ1) is 15.6. The van der Waals surface area contributed by atoms with Gasteiger partial charge in [0, 0.05) is 71.2 Å². The van der Waals surface area contributed by atoms with Crippen LogP contribution < -0.4 is 0 Å². The SMILES string of the molecule is Cc1cc2nc(C#N)sc2[c-]c1O.[Y].[Y]. The third-order valence-corrected chi connectivity index (χ3v) is 2.60. The number of rotatable bonds is 0. The van der Waals surface area contributed by atoms with Gasteiger partial charge in [-0.2, -0.15) is 5.26 Å². The number of phenols is 1. The molecule has 1 N–H and O–H groups in total. The monoisotopic (exact) mass is 367 g/mol. The van der Waals surface area contributed by atoms with E-state index in [1.807, 2.05) is 6.07 Å². The second kappa shape index (κ2) is 6.37. The molecule has 0 saturated heterocycles. The normalized spacial score (nSPS) is 8.80. The van der Waals surface area contributed by atoms with E-state index in [9.17, 15) is 5.11 Å². The van der Waals surface area contributed by atoms with Gasteiger partial charge >= 0.3 is 0 Å². The Hall–Kier alpha value is 0.608. The minimum absolute atomic E-state index is 0. The first-order valence-electron chi connectivity index (χ1n) is 3.63. The fourth-order valence-corrected chi connectivity index (χ4v) is 1.79. The van der Waals surface area contributed by atoms with Crippen LogP contribution in [-0.4, -0.2) is 10.1 Å². The van der Waals surface area contributed by atoms with E-state index < -0.39 is 0 Å². The number of hydrogen-bond acceptors (Lipinski definition) is 4. The summed E-state index contributed by atoms with van der Waals surface area (Å²) < 4.78 is 0.722. The average Bonchev–Trinajstić information content (AvgIpc) is 2.48. The Labute approximate surface area is 142 Å². The van der Waals surface area contributed by atoms with E-state index in [1.54, 1.807) is 13.0 Å². The molecule has 0 saturated carbocycles. The predicted octanol–water partition coefficient (Wildman–Crippen LogP) is 1.98. The van der Waals surface area contributed by atoms with Gasteiger partial charge in [0.25, 0.3) is 0 Å². The van der Waals surface area contributed by atoms with Crippen molar-refractivity contribution in [2.45, 2.75) is 6.92 Å². The van der Waals surface area contributed by atoms with Crippen molar-refractivity contribution in [3.05, 3.63) is 22.7 Å². The summed E-state index contributed by atoms with van der Waals surface area (Å²) in [5.74, 6) is 0.126. The van der Waals surface area contributed by atoms with Crippen molar-refractivity contribution in [3.63, 3.8) is 0 Å². The molecular formula is C9H5N2OSY2-. The molecule has 0 bridgehead atoms. The smallest absolute Gasteiger partial charge is 0.181 e. The molecule has 0 aliphatic rings. The Morgan fingerprint density at radius 1 is 1.53 bits per heavy atom. The summed E-state index contributed by atoms with van der Waals surface area (Å²) in [6, 6.07) is 6.48. The van der Waals surface area contributed by atoms with Crippen LogP contribution in [0.3, 0.4) is 0 Å². The van der Waals surface area contributed by atoms with Gasteiger partial charge < -0.3 is 5.11 Å². The maximum Gasteiger partial charge on any atom is 0.181 e. The van der Waals surface area contributed by atoms with Gasteiger partial charge in [0.2, 0.25) is 0 Å². The first-order chi connectivity index (χ1) is 6.20. The van der Waals surface area contributed by atoms with Crippen LogP contribution in [0, 0.1) is 24.3 Å². The molecule has 1 aromatic heterocycles. The minimum Gasteiger partial charge on any atom is -0.534 e. The topological polar surface area (TPSA) is 56.9 Å². The molecule has 0 aliphatic heterocycles. The Bertz CT molecular complexity index is 480. The van der Waals surface area contributed by atoms with Gasteiger partial charge in [0.05, 0.1) is 0 Å².